The van der Waals surface area contributed by atoms with Crippen molar-refractivity contribution in [3.8, 4) is 0 Å². The average Bonchev–Trinajstić information content (AvgIpc) is 3.38. The lowest BCUT2D eigenvalue weighted by Crippen LogP contribution is -2.24. The van der Waals surface area contributed by atoms with Crippen LogP contribution >= 0.6 is 34.5 Å². The largest absolute Gasteiger partial charge is 0.393 e. The van der Waals surface area contributed by atoms with E-state index in [0.717, 1.165) is 11.3 Å². The van der Waals surface area contributed by atoms with Crippen LogP contribution in [0.4, 0.5) is 5.82 Å². The number of ketones is 1. The van der Waals surface area contributed by atoms with Crippen LogP contribution in [0.1, 0.15) is 45.3 Å². The number of nitrogens with zero attached hydrogens (tertiary/aromatic N) is 2. The zero-order valence-electron chi connectivity index (χ0n) is 18.5. The van der Waals surface area contributed by atoms with Crippen LogP contribution in [0.25, 0.3) is 0 Å². The lowest BCUT2D eigenvalue weighted by Gasteiger charge is -2.15. The minimum absolute atomic E-state index is 0.179. The first kappa shape index (κ1) is 26.9. The second-order valence-electron chi connectivity index (χ2n) is 8.33. The minimum Gasteiger partial charge on any atom is -0.393 e. The van der Waals surface area contributed by atoms with Crippen LogP contribution in [0, 0.1) is 5.92 Å². The van der Waals surface area contributed by atoms with E-state index in [4.69, 9.17) is 28.3 Å². The maximum atomic E-state index is 13.3. The number of hydrogen-bond donors (Lipinski definition) is 4. The van der Waals surface area contributed by atoms with Crippen LogP contribution in [0.5, 0.6) is 0 Å². The Hall–Kier alpha value is -2.16. The Bertz CT molecular complexity index is 1370. The van der Waals surface area contributed by atoms with Gasteiger partial charge in [0, 0.05) is 28.7 Å². The monoisotopic (exact) mass is 572 g/mol. The van der Waals surface area contributed by atoms with Gasteiger partial charge in [-0.15, -0.1) is 11.3 Å². The highest BCUT2D eigenvalue weighted by Gasteiger charge is 2.35. The molecule has 4 rings (SSSR count). The normalized spacial score (nSPS) is 20.9. The maximum Gasteiger partial charge on any atom is 0.333 e. The summed E-state index contributed by atoms with van der Waals surface area (Å²) in [7, 11) is -4.12. The standard InChI is InChI=1S/C22H22Cl2N4O6S2/c23-13-3-1-2-11(4-13)19(30)15-7-18(35-21(15)24)20(31)16-8-26-10-27-22(16)28-14-5-12(17(29)6-14)9-34-36(25,32)33/h1-4,7-8,10,12,14,17,19,29-30H,5-6,9H2,(H2,25,32,33)(H,26,27,28)/t12-,14-,17+,19-/m1/s1. The fourth-order valence-corrected chi connectivity index (χ4v) is 5.90. The molecule has 0 bridgehead atoms. The molecule has 192 valence electrons. The predicted octanol–water partition coefficient (Wildman–Crippen LogP) is 2.93. The summed E-state index contributed by atoms with van der Waals surface area (Å²) >= 11 is 13.4. The summed E-state index contributed by atoms with van der Waals surface area (Å²) in [5.74, 6) is -0.614. The van der Waals surface area contributed by atoms with Crippen LogP contribution in [0.15, 0.2) is 42.9 Å². The molecule has 1 aliphatic rings. The zero-order chi connectivity index (χ0) is 26.0. The molecule has 0 unspecified atom stereocenters. The highest BCUT2D eigenvalue weighted by Crippen LogP contribution is 2.37. The van der Waals surface area contributed by atoms with Crippen molar-refractivity contribution in [2.24, 2.45) is 11.1 Å². The Labute approximate surface area is 221 Å². The number of rotatable bonds is 9. The molecule has 5 N–H and O–H groups in total. The van der Waals surface area contributed by atoms with Gasteiger partial charge in [-0.3, -0.25) is 8.98 Å². The number of hydrogen-bond acceptors (Lipinski definition) is 10. The van der Waals surface area contributed by atoms with Crippen molar-refractivity contribution < 1.29 is 27.6 Å². The molecule has 14 heteroatoms. The van der Waals surface area contributed by atoms with Gasteiger partial charge in [-0.1, -0.05) is 35.3 Å². The van der Waals surface area contributed by atoms with E-state index in [0.29, 0.717) is 22.6 Å². The van der Waals surface area contributed by atoms with Gasteiger partial charge in [-0.2, -0.15) is 8.42 Å². The number of thiophene rings is 1. The van der Waals surface area contributed by atoms with E-state index < -0.39 is 34.2 Å². The predicted molar refractivity (Wildman–Crippen MR) is 136 cm³/mol. The molecule has 0 amide bonds. The van der Waals surface area contributed by atoms with Crippen molar-refractivity contribution in [1.29, 1.82) is 0 Å². The summed E-state index contributed by atoms with van der Waals surface area (Å²) in [5, 5.41) is 29.5. The summed E-state index contributed by atoms with van der Waals surface area (Å²) in [4.78, 5) is 21.8. The van der Waals surface area contributed by atoms with Crippen LogP contribution in [0.2, 0.25) is 9.36 Å². The number of anilines is 1. The van der Waals surface area contributed by atoms with Crippen LogP contribution in [-0.2, 0) is 14.5 Å². The van der Waals surface area contributed by atoms with Crippen molar-refractivity contribution in [1.82, 2.24) is 9.97 Å². The number of carbonyl (C=O) groups excluding carboxylic acids is 1. The number of carbonyl (C=O) groups is 1. The molecular formula is C22H22Cl2N4O6S2. The molecule has 4 atom stereocenters. The second kappa shape index (κ2) is 11.1. The molecule has 1 aromatic carbocycles. The highest BCUT2D eigenvalue weighted by atomic mass is 35.5. The van der Waals surface area contributed by atoms with E-state index in [1.807, 2.05) is 0 Å². The topological polar surface area (TPSA) is 165 Å². The van der Waals surface area contributed by atoms with Gasteiger partial charge in [0.05, 0.1) is 27.5 Å². The van der Waals surface area contributed by atoms with E-state index in [9.17, 15) is 23.4 Å². The first-order chi connectivity index (χ1) is 17.0. The number of nitrogens with one attached hydrogen (secondary N) is 1. The van der Waals surface area contributed by atoms with Crippen molar-refractivity contribution in [3.63, 3.8) is 0 Å². The third kappa shape index (κ3) is 6.39. The molecule has 1 fully saturated rings. The quantitative estimate of drug-likeness (QED) is 0.282. The summed E-state index contributed by atoms with van der Waals surface area (Å²) in [5.41, 5.74) is 1.08. The average molecular weight is 573 g/mol. The minimum atomic E-state index is -4.12. The van der Waals surface area contributed by atoms with Gasteiger partial charge in [0.25, 0.3) is 0 Å². The lowest BCUT2D eigenvalue weighted by atomic mass is 10.0. The molecule has 1 saturated carbocycles. The number of nitrogens with two attached hydrogens (primary N) is 1. The Kier molecular flexibility index (Phi) is 8.27. The molecule has 0 saturated heterocycles. The van der Waals surface area contributed by atoms with Gasteiger partial charge < -0.3 is 15.5 Å². The zero-order valence-corrected chi connectivity index (χ0v) is 21.7. The van der Waals surface area contributed by atoms with Gasteiger partial charge in [-0.25, -0.2) is 15.1 Å². The van der Waals surface area contributed by atoms with Crippen molar-refractivity contribution in [3.05, 3.63) is 73.8 Å². The number of aliphatic hydroxyl groups excluding tert-OH is 2. The molecular weight excluding hydrogens is 551 g/mol. The molecule has 10 nitrogen and oxygen atoms in total. The third-order valence-corrected chi connectivity index (χ3v) is 7.88. The SMILES string of the molecule is NS(=O)(=O)OC[C@H]1C[C@@H](Nc2ncncc2C(=O)c2cc([C@H](O)c3cccc(Cl)c3)c(Cl)s2)C[C@@H]1O. The Balaban J connectivity index is 1.51. The molecule has 0 aliphatic heterocycles. The highest BCUT2D eigenvalue weighted by molar-refractivity contribution is 7.84. The maximum absolute atomic E-state index is 13.3. The first-order valence-corrected chi connectivity index (χ1v) is 13.8. The first-order valence-electron chi connectivity index (χ1n) is 10.7. The third-order valence-electron chi connectivity index (χ3n) is 5.80. The van der Waals surface area contributed by atoms with Crippen LogP contribution in [0.3, 0.4) is 0 Å². The molecule has 2 heterocycles. The summed E-state index contributed by atoms with van der Waals surface area (Å²) in [6.07, 6.45) is 1.41. The van der Waals surface area contributed by atoms with Gasteiger partial charge in [0.15, 0.2) is 0 Å². The van der Waals surface area contributed by atoms with E-state index in [1.165, 1.54) is 18.6 Å². The van der Waals surface area contributed by atoms with Crippen LogP contribution in [-0.4, -0.2) is 53.1 Å². The Morgan fingerprint density at radius 1 is 1.31 bits per heavy atom. The summed E-state index contributed by atoms with van der Waals surface area (Å²) < 4.78 is 27.0. The molecule has 1 aliphatic carbocycles. The summed E-state index contributed by atoms with van der Waals surface area (Å²) in [6, 6.07) is 7.94. The van der Waals surface area contributed by atoms with Gasteiger partial charge in [0.1, 0.15) is 18.2 Å². The van der Waals surface area contributed by atoms with Crippen molar-refractivity contribution >= 4 is 56.4 Å². The smallest absolute Gasteiger partial charge is 0.333 e. The van der Waals surface area contributed by atoms with Crippen molar-refractivity contribution in [2.75, 3.05) is 11.9 Å². The molecule has 0 spiro atoms. The molecule has 2 aromatic heterocycles. The number of benzene rings is 1. The number of halogens is 2. The van der Waals surface area contributed by atoms with E-state index >= 15 is 0 Å². The Morgan fingerprint density at radius 3 is 2.81 bits per heavy atom. The van der Waals surface area contributed by atoms with Crippen molar-refractivity contribution in [2.45, 2.75) is 31.1 Å². The number of aliphatic hydroxyl groups is 2. The second-order valence-corrected chi connectivity index (χ2v) is 11.6. The molecule has 0 radical (unpaired) electrons. The van der Waals surface area contributed by atoms with E-state index in [-0.39, 0.29) is 39.7 Å². The Morgan fingerprint density at radius 2 is 2.08 bits per heavy atom. The molecule has 3 aromatic rings. The number of aromatic nitrogens is 2. The van der Waals surface area contributed by atoms with Gasteiger partial charge in [0.2, 0.25) is 5.78 Å². The van der Waals surface area contributed by atoms with Gasteiger partial charge >= 0.3 is 10.3 Å². The van der Waals surface area contributed by atoms with Gasteiger partial charge in [-0.05, 0) is 36.6 Å². The molecule has 36 heavy (non-hydrogen) atoms. The van der Waals surface area contributed by atoms with E-state index in [1.54, 1.807) is 24.3 Å². The van der Waals surface area contributed by atoms with E-state index in [2.05, 4.69) is 19.5 Å². The lowest BCUT2D eigenvalue weighted by molar-refractivity contribution is 0.101. The fourth-order valence-electron chi connectivity index (χ4n) is 4.06. The fraction of sp³-hybridized carbons (Fsp3) is 0.318. The van der Waals surface area contributed by atoms with Crippen LogP contribution < -0.4 is 10.5 Å². The summed E-state index contributed by atoms with van der Waals surface area (Å²) in [6.45, 7) is -0.251.